The van der Waals surface area contributed by atoms with Gasteiger partial charge in [0.05, 0.1) is 0 Å². The van der Waals surface area contributed by atoms with Gasteiger partial charge in [-0.1, -0.05) is 51.2 Å². The van der Waals surface area contributed by atoms with Gasteiger partial charge in [0, 0.05) is 0 Å². The van der Waals surface area contributed by atoms with Crippen molar-refractivity contribution in [2.75, 3.05) is 0 Å². The number of aryl methyl sites for hydroxylation is 1. The zero-order valence-electron chi connectivity index (χ0n) is 8.71. The van der Waals surface area contributed by atoms with Crippen LogP contribution in [0.5, 0.6) is 0 Å². The second-order valence-electron chi connectivity index (χ2n) is 3.69. The van der Waals surface area contributed by atoms with Crippen LogP contribution < -0.4 is 0 Å². The van der Waals surface area contributed by atoms with Crippen LogP contribution in [0.2, 0.25) is 0 Å². The van der Waals surface area contributed by atoms with Gasteiger partial charge in [-0.25, -0.2) is 0 Å². The fraction of sp³-hybridized carbons (Fsp3) is 0.667. The molecule has 0 aliphatic heterocycles. The second-order valence-corrected chi connectivity index (χ2v) is 5.76. The highest BCUT2D eigenvalue weighted by Gasteiger charge is 1.92. The SMILES string of the molecule is CCCCCCCCp1cccc1. The van der Waals surface area contributed by atoms with Crippen LogP contribution in [0.25, 0.3) is 0 Å². The first-order chi connectivity index (χ1) is 6.43. The molecule has 1 aromatic rings. The molecule has 0 aliphatic carbocycles. The van der Waals surface area contributed by atoms with E-state index in [0.29, 0.717) is 0 Å². The van der Waals surface area contributed by atoms with Gasteiger partial charge in [-0.05, 0) is 24.2 Å². The van der Waals surface area contributed by atoms with E-state index in [1.165, 1.54) is 44.7 Å². The number of hydrogen-bond donors (Lipinski definition) is 0. The van der Waals surface area contributed by atoms with Crippen molar-refractivity contribution in [3.63, 3.8) is 0 Å². The molecule has 0 N–H and O–H groups in total. The molecule has 0 bridgehead atoms. The van der Waals surface area contributed by atoms with Crippen molar-refractivity contribution >= 4 is 7.53 Å². The molecule has 0 amide bonds. The van der Waals surface area contributed by atoms with E-state index in [1.54, 1.807) is 0 Å². The molecule has 1 heterocycles. The summed E-state index contributed by atoms with van der Waals surface area (Å²) < 4.78 is 0. The average molecular weight is 196 g/mol. The number of hydrogen-bond acceptors (Lipinski definition) is 0. The maximum Gasteiger partial charge on any atom is -0.0141 e. The van der Waals surface area contributed by atoms with Crippen molar-refractivity contribution in [1.29, 1.82) is 0 Å². The van der Waals surface area contributed by atoms with E-state index < -0.39 is 0 Å². The maximum atomic E-state index is 2.38. The van der Waals surface area contributed by atoms with Crippen LogP contribution in [0.3, 0.4) is 0 Å². The van der Waals surface area contributed by atoms with Crippen LogP contribution in [-0.2, 0) is 6.16 Å². The molecule has 0 aromatic carbocycles. The molecule has 13 heavy (non-hydrogen) atoms. The van der Waals surface area contributed by atoms with Crippen LogP contribution in [0.15, 0.2) is 23.7 Å². The zero-order valence-corrected chi connectivity index (χ0v) is 9.60. The minimum absolute atomic E-state index is 0.169. The van der Waals surface area contributed by atoms with Crippen molar-refractivity contribution in [3.8, 4) is 0 Å². The summed E-state index contributed by atoms with van der Waals surface area (Å²) >= 11 is 0. The van der Waals surface area contributed by atoms with Crippen LogP contribution in [0.4, 0.5) is 0 Å². The maximum absolute atomic E-state index is 2.38. The highest BCUT2D eigenvalue weighted by atomic mass is 31.1. The third-order valence-corrected chi connectivity index (χ3v) is 4.38. The summed E-state index contributed by atoms with van der Waals surface area (Å²) in [6.07, 6.45) is 9.98. The van der Waals surface area contributed by atoms with Crippen LogP contribution in [-0.4, -0.2) is 0 Å². The molecule has 1 aromatic heterocycles. The molecule has 1 heteroatoms. The van der Waals surface area contributed by atoms with E-state index in [2.05, 4.69) is 30.7 Å². The van der Waals surface area contributed by atoms with Crippen molar-refractivity contribution < 1.29 is 0 Å². The monoisotopic (exact) mass is 196 g/mol. The van der Waals surface area contributed by atoms with Gasteiger partial charge in [0.1, 0.15) is 0 Å². The first kappa shape index (κ1) is 10.9. The van der Waals surface area contributed by atoms with Gasteiger partial charge in [-0.3, -0.25) is 0 Å². The van der Waals surface area contributed by atoms with E-state index >= 15 is 0 Å². The molecule has 0 spiro atoms. The van der Waals surface area contributed by atoms with Crippen molar-refractivity contribution in [2.45, 2.75) is 51.6 Å². The highest BCUT2D eigenvalue weighted by molar-refractivity contribution is 7.47. The van der Waals surface area contributed by atoms with Gasteiger partial charge in [0.2, 0.25) is 0 Å². The summed E-state index contributed by atoms with van der Waals surface area (Å²) in [6.45, 7) is 2.28. The van der Waals surface area contributed by atoms with E-state index in [0.717, 1.165) is 0 Å². The Morgan fingerprint density at radius 3 is 2.15 bits per heavy atom. The Kier molecular flexibility index (Phi) is 6.02. The Morgan fingerprint density at radius 2 is 1.46 bits per heavy atom. The summed E-state index contributed by atoms with van der Waals surface area (Å²) in [6, 6.07) is 4.39. The van der Waals surface area contributed by atoms with E-state index in [9.17, 15) is 0 Å². The lowest BCUT2D eigenvalue weighted by atomic mass is 10.1. The average Bonchev–Trinajstić information content (AvgIpc) is 2.63. The van der Waals surface area contributed by atoms with E-state index in [-0.39, 0.29) is 7.53 Å². The molecule has 0 aliphatic rings. The molecule has 0 unspecified atom stereocenters. The first-order valence-electron chi connectivity index (χ1n) is 5.54. The third-order valence-electron chi connectivity index (χ3n) is 2.44. The van der Waals surface area contributed by atoms with E-state index in [1.807, 2.05) is 0 Å². The Morgan fingerprint density at radius 1 is 0.846 bits per heavy atom. The van der Waals surface area contributed by atoms with Gasteiger partial charge in [-0.15, -0.1) is 7.53 Å². The largest absolute Gasteiger partial charge is 0.125 e. The predicted molar refractivity (Wildman–Crippen MR) is 62.5 cm³/mol. The van der Waals surface area contributed by atoms with Gasteiger partial charge in [0.25, 0.3) is 0 Å². The lowest BCUT2D eigenvalue weighted by Gasteiger charge is -1.99. The van der Waals surface area contributed by atoms with Gasteiger partial charge >= 0.3 is 0 Å². The quantitative estimate of drug-likeness (QED) is 0.536. The minimum Gasteiger partial charge on any atom is -0.125 e. The van der Waals surface area contributed by atoms with Gasteiger partial charge in [0.15, 0.2) is 0 Å². The van der Waals surface area contributed by atoms with Crippen molar-refractivity contribution in [1.82, 2.24) is 0 Å². The lowest BCUT2D eigenvalue weighted by Crippen LogP contribution is -1.78. The molecular formula is C12H21P. The standard InChI is InChI=1S/C12H21P/c1-2-3-4-5-6-7-10-13-11-8-9-12-13/h8-9,11-12H,2-7,10H2,1H3. The van der Waals surface area contributed by atoms with E-state index in [4.69, 9.17) is 0 Å². The van der Waals surface area contributed by atoms with Crippen LogP contribution in [0, 0.1) is 0 Å². The molecule has 0 radical (unpaired) electrons. The Labute approximate surface area is 83.4 Å². The first-order valence-corrected chi connectivity index (χ1v) is 7.20. The second kappa shape index (κ2) is 7.21. The predicted octanol–water partition coefficient (Wildman–Crippen LogP) is 5.03. The molecular weight excluding hydrogens is 175 g/mol. The Hall–Kier alpha value is -0.220. The zero-order chi connectivity index (χ0) is 9.36. The lowest BCUT2D eigenvalue weighted by molar-refractivity contribution is 0.619. The number of unbranched alkanes of at least 4 members (excludes halogenated alkanes) is 5. The fourth-order valence-electron chi connectivity index (χ4n) is 1.59. The molecule has 0 fully saturated rings. The number of rotatable bonds is 7. The fourth-order valence-corrected chi connectivity index (χ4v) is 3.22. The summed E-state index contributed by atoms with van der Waals surface area (Å²) in [4.78, 5) is 0. The third kappa shape index (κ3) is 5.16. The summed E-state index contributed by atoms with van der Waals surface area (Å²) in [5.41, 5.74) is 0. The van der Waals surface area contributed by atoms with Gasteiger partial charge in [-0.2, -0.15) is 0 Å². The molecule has 74 valence electrons. The minimum atomic E-state index is 0.169. The Bertz CT molecular complexity index is 189. The topological polar surface area (TPSA) is 0 Å². The van der Waals surface area contributed by atoms with Crippen LogP contribution >= 0.6 is 7.53 Å². The molecule has 0 atom stereocenters. The smallest absolute Gasteiger partial charge is 0.0141 e. The molecule has 0 saturated carbocycles. The van der Waals surface area contributed by atoms with Crippen molar-refractivity contribution in [2.24, 2.45) is 0 Å². The summed E-state index contributed by atoms with van der Waals surface area (Å²) in [5, 5.41) is 0. The normalized spacial score (nSPS) is 10.5. The van der Waals surface area contributed by atoms with Crippen molar-refractivity contribution in [3.05, 3.63) is 23.7 Å². The summed E-state index contributed by atoms with van der Waals surface area (Å²) in [5.74, 6) is 4.75. The highest BCUT2D eigenvalue weighted by Crippen LogP contribution is 2.29. The molecule has 0 saturated heterocycles. The summed E-state index contributed by atoms with van der Waals surface area (Å²) in [7, 11) is 0.169. The van der Waals surface area contributed by atoms with Gasteiger partial charge < -0.3 is 0 Å². The molecule has 0 nitrogen and oxygen atoms in total. The Balaban J connectivity index is 1.90. The van der Waals surface area contributed by atoms with Crippen LogP contribution in [0.1, 0.15) is 45.4 Å². The molecule has 1 rings (SSSR count).